The number of aromatic amines is 1. The number of nitrogens with two attached hydrogens (primary N) is 1. The Morgan fingerprint density at radius 2 is 2.07 bits per heavy atom. The summed E-state index contributed by atoms with van der Waals surface area (Å²) >= 11 is 0. The SMILES string of the molecule is Nc1ccc2c(C(=O)O)c[nH]c(=O)c2c1. The van der Waals surface area contributed by atoms with Crippen LogP contribution in [0.2, 0.25) is 0 Å². The number of carbonyl (C=O) groups is 1. The van der Waals surface area contributed by atoms with Gasteiger partial charge in [-0.2, -0.15) is 0 Å². The molecule has 5 heteroatoms. The van der Waals surface area contributed by atoms with Crippen molar-refractivity contribution >= 4 is 22.4 Å². The van der Waals surface area contributed by atoms with E-state index in [1.807, 2.05) is 0 Å². The summed E-state index contributed by atoms with van der Waals surface area (Å²) in [5, 5.41) is 9.57. The lowest BCUT2D eigenvalue weighted by Crippen LogP contribution is -2.10. The Morgan fingerprint density at radius 3 is 2.73 bits per heavy atom. The number of pyridine rings is 1. The second-order valence-electron chi connectivity index (χ2n) is 3.14. The van der Waals surface area contributed by atoms with Crippen molar-refractivity contribution in [2.75, 3.05) is 5.73 Å². The number of aromatic nitrogens is 1. The lowest BCUT2D eigenvalue weighted by molar-refractivity contribution is 0.0698. The summed E-state index contributed by atoms with van der Waals surface area (Å²) in [5.41, 5.74) is 5.66. The molecule has 0 saturated heterocycles. The maximum absolute atomic E-state index is 11.4. The van der Waals surface area contributed by atoms with Gasteiger partial charge in [0.1, 0.15) is 0 Å². The Hall–Kier alpha value is -2.30. The van der Waals surface area contributed by atoms with E-state index in [-0.39, 0.29) is 16.5 Å². The Bertz CT molecular complexity index is 601. The quantitative estimate of drug-likeness (QED) is 0.599. The van der Waals surface area contributed by atoms with Crippen molar-refractivity contribution in [3.05, 3.63) is 40.3 Å². The number of benzene rings is 1. The van der Waals surface area contributed by atoms with Gasteiger partial charge < -0.3 is 15.8 Å². The molecule has 0 amide bonds. The van der Waals surface area contributed by atoms with Gasteiger partial charge in [-0.25, -0.2) is 4.79 Å². The molecule has 0 radical (unpaired) electrons. The van der Waals surface area contributed by atoms with Crippen LogP contribution >= 0.6 is 0 Å². The molecule has 0 aliphatic rings. The molecule has 1 aromatic carbocycles. The van der Waals surface area contributed by atoms with E-state index >= 15 is 0 Å². The van der Waals surface area contributed by atoms with Crippen LogP contribution < -0.4 is 11.3 Å². The van der Waals surface area contributed by atoms with Gasteiger partial charge in [-0.15, -0.1) is 0 Å². The highest BCUT2D eigenvalue weighted by Gasteiger charge is 2.10. The molecule has 0 aliphatic carbocycles. The molecule has 76 valence electrons. The number of hydrogen-bond donors (Lipinski definition) is 3. The van der Waals surface area contributed by atoms with E-state index in [4.69, 9.17) is 10.8 Å². The largest absolute Gasteiger partial charge is 0.478 e. The second kappa shape index (κ2) is 3.13. The number of fused-ring (bicyclic) bond motifs is 1. The smallest absolute Gasteiger partial charge is 0.337 e. The van der Waals surface area contributed by atoms with Gasteiger partial charge in [0, 0.05) is 22.7 Å². The minimum Gasteiger partial charge on any atom is -0.478 e. The Labute approximate surface area is 84.2 Å². The molecule has 0 saturated carbocycles. The Balaban J connectivity index is 2.95. The van der Waals surface area contributed by atoms with E-state index in [9.17, 15) is 9.59 Å². The fourth-order valence-corrected chi connectivity index (χ4v) is 1.45. The molecule has 0 bridgehead atoms. The average Bonchev–Trinajstić information content (AvgIpc) is 2.19. The van der Waals surface area contributed by atoms with Crippen LogP contribution in [0, 0.1) is 0 Å². The zero-order valence-electron chi connectivity index (χ0n) is 7.65. The van der Waals surface area contributed by atoms with Crippen molar-refractivity contribution in [2.24, 2.45) is 0 Å². The monoisotopic (exact) mass is 204 g/mol. The van der Waals surface area contributed by atoms with Crippen molar-refractivity contribution in [1.29, 1.82) is 0 Å². The van der Waals surface area contributed by atoms with E-state index in [0.717, 1.165) is 0 Å². The van der Waals surface area contributed by atoms with Gasteiger partial charge in [-0.05, 0) is 12.1 Å². The molecule has 0 aliphatic heterocycles. The minimum atomic E-state index is -1.08. The maximum atomic E-state index is 11.4. The van der Waals surface area contributed by atoms with Gasteiger partial charge in [-0.1, -0.05) is 6.07 Å². The zero-order valence-corrected chi connectivity index (χ0v) is 7.65. The number of rotatable bonds is 1. The first-order valence-electron chi connectivity index (χ1n) is 4.24. The topological polar surface area (TPSA) is 96.2 Å². The van der Waals surface area contributed by atoms with Gasteiger partial charge in [-0.3, -0.25) is 4.79 Å². The minimum absolute atomic E-state index is 0.0598. The van der Waals surface area contributed by atoms with Crippen LogP contribution in [-0.2, 0) is 0 Å². The first-order valence-corrected chi connectivity index (χ1v) is 4.24. The van der Waals surface area contributed by atoms with Crippen LogP contribution in [0.5, 0.6) is 0 Å². The highest BCUT2D eigenvalue weighted by atomic mass is 16.4. The normalized spacial score (nSPS) is 10.4. The molecule has 5 nitrogen and oxygen atoms in total. The van der Waals surface area contributed by atoms with Crippen LogP contribution in [0.25, 0.3) is 10.8 Å². The van der Waals surface area contributed by atoms with Crippen molar-refractivity contribution in [1.82, 2.24) is 4.98 Å². The van der Waals surface area contributed by atoms with Crippen LogP contribution in [-0.4, -0.2) is 16.1 Å². The van der Waals surface area contributed by atoms with Crippen LogP contribution in [0.15, 0.2) is 29.2 Å². The third kappa shape index (κ3) is 1.43. The number of anilines is 1. The van der Waals surface area contributed by atoms with Crippen LogP contribution in [0.4, 0.5) is 5.69 Å². The molecule has 2 aromatic rings. The highest BCUT2D eigenvalue weighted by molar-refractivity contribution is 6.03. The third-order valence-electron chi connectivity index (χ3n) is 2.16. The van der Waals surface area contributed by atoms with E-state index < -0.39 is 5.97 Å². The van der Waals surface area contributed by atoms with Crippen LogP contribution in [0.3, 0.4) is 0 Å². The maximum Gasteiger partial charge on any atom is 0.337 e. The second-order valence-corrected chi connectivity index (χ2v) is 3.14. The van der Waals surface area contributed by atoms with E-state index in [1.165, 1.54) is 18.3 Å². The lowest BCUT2D eigenvalue weighted by Gasteiger charge is -2.02. The summed E-state index contributed by atoms with van der Waals surface area (Å²) < 4.78 is 0. The summed E-state index contributed by atoms with van der Waals surface area (Å²) in [4.78, 5) is 24.6. The van der Waals surface area contributed by atoms with Gasteiger partial charge >= 0.3 is 5.97 Å². The first kappa shape index (κ1) is 9.26. The molecule has 1 aromatic heterocycles. The molecular weight excluding hydrogens is 196 g/mol. The summed E-state index contributed by atoms with van der Waals surface area (Å²) in [7, 11) is 0. The predicted molar refractivity (Wildman–Crippen MR) is 55.9 cm³/mol. The molecule has 2 rings (SSSR count). The fraction of sp³-hybridized carbons (Fsp3) is 0. The number of nitrogen functional groups attached to an aromatic ring is 1. The van der Waals surface area contributed by atoms with Crippen molar-refractivity contribution in [3.8, 4) is 0 Å². The van der Waals surface area contributed by atoms with E-state index in [2.05, 4.69) is 4.98 Å². The lowest BCUT2D eigenvalue weighted by atomic mass is 10.1. The predicted octanol–water partition coefficient (Wildman–Crippen LogP) is 0.809. The van der Waals surface area contributed by atoms with Gasteiger partial charge in [0.2, 0.25) is 0 Å². The molecule has 0 unspecified atom stereocenters. The molecular formula is C10H8N2O3. The number of H-pyrrole nitrogens is 1. The number of aromatic carboxylic acids is 1. The summed E-state index contributed by atoms with van der Waals surface area (Å²) in [6.45, 7) is 0. The van der Waals surface area contributed by atoms with Gasteiger partial charge in [0.25, 0.3) is 5.56 Å². The van der Waals surface area contributed by atoms with Crippen LogP contribution in [0.1, 0.15) is 10.4 Å². The Morgan fingerprint density at radius 1 is 1.33 bits per heavy atom. The molecule has 4 N–H and O–H groups in total. The Kier molecular flexibility index (Phi) is 1.93. The number of carboxylic acid groups (broad SMARTS) is 1. The standard InChI is InChI=1S/C10H8N2O3/c11-5-1-2-6-7(3-5)9(13)12-4-8(6)10(14)15/h1-4H,11H2,(H,12,13)(H,14,15). The molecule has 0 spiro atoms. The first-order chi connectivity index (χ1) is 7.09. The summed E-state index contributed by atoms with van der Waals surface area (Å²) in [6.07, 6.45) is 1.18. The van der Waals surface area contributed by atoms with E-state index in [0.29, 0.717) is 11.1 Å². The van der Waals surface area contributed by atoms with Gasteiger partial charge in [0.15, 0.2) is 0 Å². The highest BCUT2D eigenvalue weighted by Crippen LogP contribution is 2.17. The third-order valence-corrected chi connectivity index (χ3v) is 2.16. The van der Waals surface area contributed by atoms with Crippen molar-refractivity contribution in [3.63, 3.8) is 0 Å². The van der Waals surface area contributed by atoms with E-state index in [1.54, 1.807) is 6.07 Å². The number of carboxylic acids is 1. The zero-order chi connectivity index (χ0) is 11.0. The average molecular weight is 204 g/mol. The van der Waals surface area contributed by atoms with Crippen molar-refractivity contribution < 1.29 is 9.90 Å². The molecule has 15 heavy (non-hydrogen) atoms. The molecule has 0 fully saturated rings. The summed E-state index contributed by atoms with van der Waals surface area (Å²) in [5.74, 6) is -1.08. The molecule has 0 atom stereocenters. The number of hydrogen-bond acceptors (Lipinski definition) is 3. The fourth-order valence-electron chi connectivity index (χ4n) is 1.45. The van der Waals surface area contributed by atoms with Gasteiger partial charge in [0.05, 0.1) is 5.56 Å². The summed E-state index contributed by atoms with van der Waals surface area (Å²) in [6, 6.07) is 4.55. The van der Waals surface area contributed by atoms with Crippen molar-refractivity contribution in [2.45, 2.75) is 0 Å². The molecule has 1 heterocycles. The number of nitrogens with one attached hydrogen (secondary N) is 1.